The molecule has 0 amide bonds. The van der Waals surface area contributed by atoms with E-state index >= 15 is 0 Å². The van der Waals surface area contributed by atoms with Gasteiger partial charge in [0.25, 0.3) is 0 Å². The predicted octanol–water partition coefficient (Wildman–Crippen LogP) is 6.28. The Morgan fingerprint density at radius 2 is 1.81 bits per heavy atom. The minimum Gasteiger partial charge on any atom is -0.450 e. The van der Waals surface area contributed by atoms with Crippen molar-refractivity contribution in [2.24, 2.45) is 28.7 Å². The van der Waals surface area contributed by atoms with Crippen LogP contribution in [0, 0.1) is 23.7 Å². The van der Waals surface area contributed by atoms with Gasteiger partial charge in [0.05, 0.1) is 18.3 Å². The first-order valence-electron chi connectivity index (χ1n) is 14.5. The van der Waals surface area contributed by atoms with Gasteiger partial charge in [-0.25, -0.2) is 4.79 Å². The van der Waals surface area contributed by atoms with Gasteiger partial charge in [0.15, 0.2) is 0 Å². The van der Waals surface area contributed by atoms with Crippen molar-refractivity contribution < 1.29 is 19.4 Å². The average Bonchev–Trinajstić information content (AvgIpc) is 3.41. The van der Waals surface area contributed by atoms with Crippen LogP contribution in [0.1, 0.15) is 86.0 Å². The number of hydrogen-bond acceptors (Lipinski definition) is 5. The summed E-state index contributed by atoms with van der Waals surface area (Å²) in [6, 6.07) is 0. The maximum Gasteiger partial charge on any atom is 0.334 e. The topological polar surface area (TPSA) is 68.1 Å². The first kappa shape index (κ1) is 26.6. The predicted molar refractivity (Wildman–Crippen MR) is 147 cm³/mol. The summed E-state index contributed by atoms with van der Waals surface area (Å²) in [5.41, 5.74) is 6.87. The van der Waals surface area contributed by atoms with E-state index < -0.39 is 6.10 Å². The first-order valence-corrected chi connectivity index (χ1v) is 14.5. The van der Waals surface area contributed by atoms with Crippen molar-refractivity contribution >= 4 is 11.7 Å². The first-order chi connectivity index (χ1) is 17.7. The number of hydrogen-bond donors (Lipinski definition) is 1. The highest BCUT2D eigenvalue weighted by atomic mass is 16.5. The van der Waals surface area contributed by atoms with E-state index in [4.69, 9.17) is 14.5 Å². The van der Waals surface area contributed by atoms with Crippen LogP contribution >= 0.6 is 0 Å². The number of fused-ring (bicyclic) bond motifs is 4. The van der Waals surface area contributed by atoms with Crippen molar-refractivity contribution in [1.29, 1.82) is 0 Å². The molecule has 1 aliphatic carbocycles. The normalized spacial score (nSPS) is 39.4. The summed E-state index contributed by atoms with van der Waals surface area (Å²) >= 11 is 0. The molecule has 5 nitrogen and oxygen atoms in total. The van der Waals surface area contributed by atoms with Crippen molar-refractivity contribution in [2.45, 2.75) is 110 Å². The number of rotatable bonds is 1. The molecule has 4 aliphatic heterocycles. The fourth-order valence-corrected chi connectivity index (χ4v) is 7.44. The van der Waals surface area contributed by atoms with Crippen LogP contribution in [0.15, 0.2) is 51.1 Å². The lowest BCUT2D eigenvalue weighted by atomic mass is 9.69. The zero-order valence-electron chi connectivity index (χ0n) is 23.3. The van der Waals surface area contributed by atoms with Crippen LogP contribution in [0.4, 0.5) is 0 Å². The molecular formula is C32H45NO4. The van der Waals surface area contributed by atoms with Gasteiger partial charge in [0, 0.05) is 29.7 Å². The minimum absolute atomic E-state index is 0.148. The Labute approximate surface area is 222 Å². The molecule has 0 aromatic heterocycles. The smallest absolute Gasteiger partial charge is 0.334 e. The Hall–Kier alpha value is -1.98. The molecule has 37 heavy (non-hydrogen) atoms. The molecule has 1 fully saturated rings. The van der Waals surface area contributed by atoms with Crippen molar-refractivity contribution in [3.05, 3.63) is 46.1 Å². The van der Waals surface area contributed by atoms with Crippen LogP contribution in [0.3, 0.4) is 0 Å². The van der Waals surface area contributed by atoms with Crippen molar-refractivity contribution in [3.8, 4) is 0 Å². The zero-order chi connectivity index (χ0) is 26.3. The van der Waals surface area contributed by atoms with Gasteiger partial charge in [0.2, 0.25) is 0 Å². The number of nitrogens with zero attached hydrogens (tertiary/aromatic N) is 1. The second-order valence-electron chi connectivity index (χ2n) is 12.4. The highest BCUT2D eigenvalue weighted by Gasteiger charge is 2.38. The van der Waals surface area contributed by atoms with Crippen LogP contribution in [-0.4, -0.2) is 47.7 Å². The maximum absolute atomic E-state index is 12.1. The number of allylic oxidation sites excluding steroid dienone is 3. The van der Waals surface area contributed by atoms with Crippen LogP contribution in [0.25, 0.3) is 0 Å². The molecule has 0 aromatic rings. The van der Waals surface area contributed by atoms with Crippen LogP contribution in [0.2, 0.25) is 0 Å². The number of carbonyl (C=O) groups excluding carboxylic acids is 1. The molecule has 4 heterocycles. The summed E-state index contributed by atoms with van der Waals surface area (Å²) < 4.78 is 12.2. The van der Waals surface area contributed by atoms with E-state index in [0.29, 0.717) is 23.3 Å². The molecule has 5 aliphatic rings. The summed E-state index contributed by atoms with van der Waals surface area (Å²) in [6.07, 6.45) is 14.4. The third kappa shape index (κ3) is 5.59. The van der Waals surface area contributed by atoms with Crippen molar-refractivity contribution in [1.82, 2.24) is 0 Å². The van der Waals surface area contributed by atoms with E-state index in [1.54, 1.807) is 0 Å². The van der Waals surface area contributed by atoms with Gasteiger partial charge in [-0.3, -0.25) is 4.99 Å². The van der Waals surface area contributed by atoms with Crippen LogP contribution in [0.5, 0.6) is 0 Å². The summed E-state index contributed by atoms with van der Waals surface area (Å²) in [6.45, 7) is 11.6. The van der Waals surface area contributed by atoms with Gasteiger partial charge in [-0.1, -0.05) is 18.6 Å². The molecule has 0 saturated carbocycles. The molecule has 202 valence electrons. The molecule has 0 aromatic carbocycles. The number of aliphatic hydroxyl groups excluding tert-OH is 1. The largest absolute Gasteiger partial charge is 0.450 e. The molecule has 1 N–H and O–H groups in total. The quantitative estimate of drug-likeness (QED) is 0.335. The van der Waals surface area contributed by atoms with E-state index in [1.165, 1.54) is 28.9 Å². The molecule has 0 spiro atoms. The molecule has 5 rings (SSSR count). The van der Waals surface area contributed by atoms with Gasteiger partial charge in [-0.2, -0.15) is 0 Å². The third-order valence-corrected chi connectivity index (χ3v) is 9.66. The number of ether oxygens (including phenoxy) is 2. The fourth-order valence-electron chi connectivity index (χ4n) is 7.44. The average molecular weight is 508 g/mol. The summed E-state index contributed by atoms with van der Waals surface area (Å²) in [5, 5.41) is 11.1. The summed E-state index contributed by atoms with van der Waals surface area (Å²) in [4.78, 5) is 17.2. The van der Waals surface area contributed by atoms with Crippen molar-refractivity contribution in [3.63, 3.8) is 0 Å². The molecule has 0 radical (unpaired) electrons. The fraction of sp³-hybridized carbons (Fsp3) is 0.688. The number of aliphatic imine (C=N–C) groups is 1. The Bertz CT molecular complexity index is 1060. The molecule has 8 unspecified atom stereocenters. The lowest BCUT2D eigenvalue weighted by Crippen LogP contribution is -2.30. The molecule has 5 heteroatoms. The van der Waals surface area contributed by atoms with E-state index in [1.807, 2.05) is 13.0 Å². The third-order valence-electron chi connectivity index (χ3n) is 9.66. The Morgan fingerprint density at radius 3 is 2.57 bits per heavy atom. The van der Waals surface area contributed by atoms with Gasteiger partial charge >= 0.3 is 5.97 Å². The SMILES string of the molecule is CC1=CC(C2=C(C)C3C=C(C)C(O)CCC4CC(C)C(O4)C(C)=CC4=NCCCC4CC3CC2)OC1=O. The highest BCUT2D eigenvalue weighted by Crippen LogP contribution is 2.44. The van der Waals surface area contributed by atoms with Gasteiger partial charge in [-0.15, -0.1) is 0 Å². The van der Waals surface area contributed by atoms with E-state index in [0.717, 1.165) is 57.1 Å². The van der Waals surface area contributed by atoms with Crippen LogP contribution in [-0.2, 0) is 14.3 Å². The van der Waals surface area contributed by atoms with Crippen LogP contribution < -0.4 is 0 Å². The maximum atomic E-state index is 12.1. The number of cyclic esters (lactones) is 1. The Balaban J connectivity index is 1.50. The standard InChI is InChI=1S/C32H45NO4/c1-18-14-27-22(5)26(30-16-21(4)32(35)37-30)10-8-23(27)17-24-7-6-12-33-28(24)15-20(3)31-19(2)13-25(36-31)9-11-29(18)34/h14-16,19,23-25,27,29-31,34H,6-13,17H2,1-5H3. The minimum atomic E-state index is -0.461. The second kappa shape index (κ2) is 11.0. The number of carbonyl (C=O) groups is 1. The summed E-state index contributed by atoms with van der Waals surface area (Å²) in [5.74, 6) is 1.45. The Kier molecular flexibility index (Phi) is 7.93. The summed E-state index contributed by atoms with van der Waals surface area (Å²) in [7, 11) is 0. The van der Waals surface area contributed by atoms with E-state index in [-0.39, 0.29) is 30.2 Å². The van der Waals surface area contributed by atoms with E-state index in [9.17, 15) is 9.90 Å². The van der Waals surface area contributed by atoms with Gasteiger partial charge in [0.1, 0.15) is 6.10 Å². The molecule has 2 bridgehead atoms. The van der Waals surface area contributed by atoms with Gasteiger partial charge < -0.3 is 14.6 Å². The van der Waals surface area contributed by atoms with Gasteiger partial charge in [-0.05, 0) is 120 Å². The molecule has 8 atom stereocenters. The highest BCUT2D eigenvalue weighted by molar-refractivity contribution is 5.98. The van der Waals surface area contributed by atoms with Crippen molar-refractivity contribution in [2.75, 3.05) is 6.54 Å². The monoisotopic (exact) mass is 507 g/mol. The second-order valence-corrected chi connectivity index (χ2v) is 12.4. The zero-order valence-corrected chi connectivity index (χ0v) is 23.3. The number of esters is 1. The molecular weight excluding hydrogens is 462 g/mol. The lowest BCUT2D eigenvalue weighted by Gasteiger charge is -2.37. The molecule has 1 saturated heterocycles. The lowest BCUT2D eigenvalue weighted by molar-refractivity contribution is -0.138. The van der Waals surface area contributed by atoms with E-state index in [2.05, 4.69) is 39.8 Å². The Morgan fingerprint density at radius 1 is 1.00 bits per heavy atom. The number of aliphatic hydroxyl groups is 1.